The number of likely N-dealkylation sites (N-methyl/N-ethyl adjacent to an activating group) is 1. The van der Waals surface area contributed by atoms with Crippen LogP contribution in [0.4, 0.5) is 0 Å². The molecule has 152 valence electrons. The van der Waals surface area contributed by atoms with Crippen molar-refractivity contribution in [3.63, 3.8) is 0 Å². The summed E-state index contributed by atoms with van der Waals surface area (Å²) in [5, 5.41) is 0. The van der Waals surface area contributed by atoms with E-state index in [4.69, 9.17) is 9.47 Å². The summed E-state index contributed by atoms with van der Waals surface area (Å²) in [6, 6.07) is 20.9. The summed E-state index contributed by atoms with van der Waals surface area (Å²) in [4.78, 5) is 13.6. The Balaban J connectivity index is 1.43. The monoisotopic (exact) mass is 392 g/mol. The van der Waals surface area contributed by atoms with Crippen molar-refractivity contribution < 1.29 is 18.8 Å². The fourth-order valence-corrected chi connectivity index (χ4v) is 5.96. The lowest BCUT2D eigenvalue weighted by Gasteiger charge is -2.44. The van der Waals surface area contributed by atoms with Gasteiger partial charge in [0, 0.05) is 12.8 Å². The first-order chi connectivity index (χ1) is 13.9. The maximum absolute atomic E-state index is 13.6. The second kappa shape index (κ2) is 6.68. The summed E-state index contributed by atoms with van der Waals surface area (Å²) in [6.07, 6.45) is 2.12. The van der Waals surface area contributed by atoms with Gasteiger partial charge in [0.15, 0.2) is 0 Å². The molecule has 5 rings (SSSR count). The van der Waals surface area contributed by atoms with Crippen molar-refractivity contribution in [1.82, 2.24) is 0 Å². The van der Waals surface area contributed by atoms with E-state index in [0.29, 0.717) is 24.1 Å². The zero-order valence-corrected chi connectivity index (χ0v) is 17.5. The Morgan fingerprint density at radius 1 is 0.966 bits per heavy atom. The van der Waals surface area contributed by atoms with Gasteiger partial charge in [-0.25, -0.2) is 0 Å². The van der Waals surface area contributed by atoms with Crippen molar-refractivity contribution >= 4 is 5.97 Å². The van der Waals surface area contributed by atoms with Crippen LogP contribution in [0.2, 0.25) is 0 Å². The molecule has 4 heteroatoms. The number of piperidine rings is 1. The molecule has 0 radical (unpaired) electrons. The predicted octanol–water partition coefficient (Wildman–Crippen LogP) is 3.54. The Kier molecular flexibility index (Phi) is 4.34. The highest BCUT2D eigenvalue weighted by Gasteiger charge is 2.65. The van der Waals surface area contributed by atoms with Crippen LogP contribution in [0, 0.1) is 5.92 Å². The Hall–Kier alpha value is -2.17. The highest BCUT2D eigenvalue weighted by atomic mass is 16.5. The summed E-state index contributed by atoms with van der Waals surface area (Å²) < 4.78 is 13.2. The van der Waals surface area contributed by atoms with Gasteiger partial charge in [-0.05, 0) is 18.1 Å². The number of esters is 1. The third kappa shape index (κ3) is 2.77. The van der Waals surface area contributed by atoms with Crippen LogP contribution < -0.4 is 0 Å². The first kappa shape index (κ1) is 18.8. The average Bonchev–Trinajstić information content (AvgIpc) is 2.79. The minimum atomic E-state index is -0.821. The summed E-state index contributed by atoms with van der Waals surface area (Å²) in [5.41, 5.74) is 1.11. The quantitative estimate of drug-likeness (QED) is 0.590. The van der Waals surface area contributed by atoms with Crippen LogP contribution in [0.5, 0.6) is 0 Å². The molecule has 2 bridgehead atoms. The minimum Gasteiger partial charge on any atom is -0.461 e. The Labute approximate surface area is 173 Å². The van der Waals surface area contributed by atoms with Crippen LogP contribution >= 0.6 is 0 Å². The number of rotatable bonds is 4. The first-order valence-corrected chi connectivity index (χ1v) is 10.7. The molecule has 0 saturated carbocycles. The van der Waals surface area contributed by atoms with Gasteiger partial charge in [0.2, 0.25) is 0 Å². The van der Waals surface area contributed by atoms with Gasteiger partial charge in [0.1, 0.15) is 29.7 Å². The molecule has 0 aliphatic carbocycles. The smallest absolute Gasteiger partial charge is 0.321 e. The molecule has 0 aromatic heterocycles. The maximum Gasteiger partial charge on any atom is 0.321 e. The molecule has 5 atom stereocenters. The second-order valence-corrected chi connectivity index (χ2v) is 9.58. The van der Waals surface area contributed by atoms with Crippen LogP contribution in [0.3, 0.4) is 0 Å². The topological polar surface area (TPSA) is 35.5 Å². The van der Waals surface area contributed by atoms with Gasteiger partial charge in [-0.2, -0.15) is 0 Å². The predicted molar refractivity (Wildman–Crippen MR) is 111 cm³/mol. The molecule has 3 aliphatic rings. The van der Waals surface area contributed by atoms with Crippen LogP contribution in [0.1, 0.15) is 30.9 Å². The molecular formula is C25H30NO3+. The number of benzene rings is 2. The molecule has 3 aliphatic heterocycles. The summed E-state index contributed by atoms with van der Waals surface area (Å²) >= 11 is 0. The molecule has 2 unspecified atom stereocenters. The summed E-state index contributed by atoms with van der Waals surface area (Å²) in [5.74, 6) is 0.466. The van der Waals surface area contributed by atoms with E-state index in [2.05, 4.69) is 14.1 Å². The summed E-state index contributed by atoms with van der Waals surface area (Å²) in [6.45, 7) is 2.85. The van der Waals surface area contributed by atoms with Gasteiger partial charge in [-0.3, -0.25) is 4.79 Å². The normalized spacial score (nSPS) is 32.2. The molecule has 0 N–H and O–H groups in total. The molecule has 0 amide bonds. The minimum absolute atomic E-state index is 0.0374. The fraction of sp³-hybridized carbons (Fsp3) is 0.480. The van der Waals surface area contributed by atoms with E-state index in [1.54, 1.807) is 0 Å². The zero-order chi connectivity index (χ0) is 20.2. The van der Waals surface area contributed by atoms with Gasteiger partial charge < -0.3 is 14.0 Å². The Morgan fingerprint density at radius 2 is 1.52 bits per heavy atom. The van der Waals surface area contributed by atoms with Gasteiger partial charge in [0.05, 0.1) is 26.6 Å². The van der Waals surface area contributed by atoms with Crippen LogP contribution in [0.25, 0.3) is 0 Å². The third-order valence-corrected chi connectivity index (χ3v) is 7.88. The molecule has 3 saturated heterocycles. The number of ether oxygens (including phenoxy) is 2. The van der Waals surface area contributed by atoms with Gasteiger partial charge in [0.25, 0.3) is 0 Å². The molecule has 4 nitrogen and oxygen atoms in total. The first-order valence-electron chi connectivity index (χ1n) is 10.7. The number of nitrogens with zero attached hydrogens (tertiary/aromatic N) is 1. The van der Waals surface area contributed by atoms with Gasteiger partial charge in [-0.15, -0.1) is 0 Å². The van der Waals surface area contributed by atoms with Crippen LogP contribution in [-0.2, 0) is 19.7 Å². The molecule has 29 heavy (non-hydrogen) atoms. The third-order valence-electron chi connectivity index (χ3n) is 7.88. The molecule has 3 fully saturated rings. The number of hydrogen-bond donors (Lipinski definition) is 0. The Bertz CT molecular complexity index is 833. The fourth-order valence-electron chi connectivity index (χ4n) is 5.96. The van der Waals surface area contributed by atoms with E-state index in [1.807, 2.05) is 67.6 Å². The highest BCUT2D eigenvalue weighted by Crippen LogP contribution is 2.50. The van der Waals surface area contributed by atoms with Crippen molar-refractivity contribution in [2.75, 3.05) is 20.7 Å². The molecular weight excluding hydrogens is 362 g/mol. The van der Waals surface area contributed by atoms with Crippen molar-refractivity contribution in [2.24, 2.45) is 5.92 Å². The number of fused-ring (bicyclic) bond motifs is 5. The van der Waals surface area contributed by atoms with Gasteiger partial charge in [-0.1, -0.05) is 60.7 Å². The average molecular weight is 393 g/mol. The van der Waals surface area contributed by atoms with Crippen molar-refractivity contribution in [1.29, 1.82) is 0 Å². The molecule has 3 heterocycles. The van der Waals surface area contributed by atoms with E-state index in [0.717, 1.165) is 35.1 Å². The zero-order valence-electron chi connectivity index (χ0n) is 17.5. The lowest BCUT2D eigenvalue weighted by atomic mass is 9.76. The Morgan fingerprint density at radius 3 is 2.00 bits per heavy atom. The van der Waals surface area contributed by atoms with E-state index < -0.39 is 5.41 Å². The molecule has 2 aromatic rings. The SMILES string of the molecule is CC(C(=O)O[C@H]1CC2C3CO[C@@H]3[C@H](C1)[N+]2(C)C)(c1ccccc1)c1ccccc1. The number of carbonyl (C=O) groups is 1. The molecule has 2 aromatic carbocycles. The van der Waals surface area contributed by atoms with E-state index in [9.17, 15) is 4.79 Å². The maximum atomic E-state index is 13.6. The van der Waals surface area contributed by atoms with E-state index in [-0.39, 0.29) is 12.1 Å². The van der Waals surface area contributed by atoms with E-state index in [1.165, 1.54) is 0 Å². The summed E-state index contributed by atoms with van der Waals surface area (Å²) in [7, 11) is 4.63. The van der Waals surface area contributed by atoms with Crippen LogP contribution in [0.15, 0.2) is 60.7 Å². The largest absolute Gasteiger partial charge is 0.461 e. The standard InChI is InChI=1S/C25H30NO3/c1-25(17-10-6-4-7-11-17,18-12-8-5-9-13-18)24(27)29-19-14-21-20-16-28-23(20)22(15-19)26(21,2)3/h4-13,19-23H,14-16H2,1-3H3/q+1/t19-,20?,21?,22-,23-/m0/s1. The van der Waals surface area contributed by atoms with Crippen LogP contribution in [-0.4, -0.2) is 55.4 Å². The lowest BCUT2D eigenvalue weighted by Crippen LogP contribution is -2.58. The van der Waals surface area contributed by atoms with E-state index >= 15 is 0 Å². The van der Waals surface area contributed by atoms with Crippen molar-refractivity contribution in [3.05, 3.63) is 71.8 Å². The highest BCUT2D eigenvalue weighted by molar-refractivity contribution is 5.87. The number of hydrogen-bond acceptors (Lipinski definition) is 3. The van der Waals surface area contributed by atoms with Crippen molar-refractivity contribution in [3.8, 4) is 0 Å². The number of carbonyl (C=O) groups excluding carboxylic acids is 1. The van der Waals surface area contributed by atoms with Crippen molar-refractivity contribution in [2.45, 2.75) is 49.5 Å². The number of quaternary nitrogens is 1. The lowest BCUT2D eigenvalue weighted by molar-refractivity contribution is -0.933. The molecule has 0 spiro atoms. The second-order valence-electron chi connectivity index (χ2n) is 9.58. The van der Waals surface area contributed by atoms with Gasteiger partial charge >= 0.3 is 5.97 Å².